The van der Waals surface area contributed by atoms with Gasteiger partial charge in [0.2, 0.25) is 5.91 Å². The van der Waals surface area contributed by atoms with Crippen molar-refractivity contribution in [1.82, 2.24) is 10.6 Å². The lowest BCUT2D eigenvalue weighted by Crippen LogP contribution is -2.28. The Balaban J connectivity index is 2.18. The first-order chi connectivity index (χ1) is 7.59. The highest BCUT2D eigenvalue weighted by Crippen LogP contribution is 2.08. The van der Waals surface area contributed by atoms with Crippen LogP contribution in [0.3, 0.4) is 0 Å². The largest absolute Gasteiger partial charge is 0.436 e. The summed E-state index contributed by atoms with van der Waals surface area (Å²) in [6.45, 7) is 2.46. The summed E-state index contributed by atoms with van der Waals surface area (Å²) >= 11 is 0. The molecular weight excluding hydrogens is 210 g/mol. The molecular formula is C10H15N3O3. The predicted octanol–water partition coefficient (Wildman–Crippen LogP) is 0.118. The van der Waals surface area contributed by atoms with E-state index in [0.29, 0.717) is 19.5 Å². The molecule has 0 bridgehead atoms. The van der Waals surface area contributed by atoms with Crippen LogP contribution < -0.4 is 16.4 Å². The van der Waals surface area contributed by atoms with Crippen molar-refractivity contribution in [2.45, 2.75) is 13.3 Å². The standard InChI is InChI=1S/C10H15N3O3/c1-7(14)12-5-2-6-13-10(15)8-3-4-9(11)16-8/h3-4H,2,5-6,11H2,1H3,(H,12,14)(H,13,15). The van der Waals surface area contributed by atoms with Crippen LogP contribution >= 0.6 is 0 Å². The quantitative estimate of drug-likeness (QED) is 0.620. The van der Waals surface area contributed by atoms with Crippen LogP contribution in [0.1, 0.15) is 23.9 Å². The zero-order valence-corrected chi connectivity index (χ0v) is 9.08. The van der Waals surface area contributed by atoms with Crippen LogP contribution in [0.4, 0.5) is 5.88 Å². The summed E-state index contributed by atoms with van der Waals surface area (Å²) in [5.74, 6) is 0.0186. The Morgan fingerprint density at radius 2 is 2.00 bits per heavy atom. The van der Waals surface area contributed by atoms with Gasteiger partial charge in [-0.25, -0.2) is 0 Å². The molecule has 0 saturated heterocycles. The molecule has 1 rings (SSSR count). The molecule has 16 heavy (non-hydrogen) atoms. The molecule has 0 fully saturated rings. The van der Waals surface area contributed by atoms with Gasteiger partial charge in [-0.15, -0.1) is 0 Å². The van der Waals surface area contributed by atoms with Crippen molar-refractivity contribution in [3.63, 3.8) is 0 Å². The molecule has 88 valence electrons. The summed E-state index contributed by atoms with van der Waals surface area (Å²) in [6, 6.07) is 3.03. The van der Waals surface area contributed by atoms with E-state index in [2.05, 4.69) is 10.6 Å². The van der Waals surface area contributed by atoms with Gasteiger partial charge in [0, 0.05) is 26.1 Å². The van der Waals surface area contributed by atoms with Crippen LogP contribution in [0, 0.1) is 0 Å². The van der Waals surface area contributed by atoms with E-state index in [0.717, 1.165) is 0 Å². The average Bonchev–Trinajstić information content (AvgIpc) is 2.63. The first-order valence-electron chi connectivity index (χ1n) is 4.97. The van der Waals surface area contributed by atoms with Gasteiger partial charge in [0.05, 0.1) is 0 Å². The van der Waals surface area contributed by atoms with Crippen LogP contribution in [0.25, 0.3) is 0 Å². The van der Waals surface area contributed by atoms with Gasteiger partial charge in [-0.2, -0.15) is 0 Å². The topological polar surface area (TPSA) is 97.4 Å². The van der Waals surface area contributed by atoms with E-state index in [1.807, 2.05) is 0 Å². The molecule has 6 nitrogen and oxygen atoms in total. The van der Waals surface area contributed by atoms with Crippen molar-refractivity contribution >= 4 is 17.7 Å². The highest BCUT2D eigenvalue weighted by Gasteiger charge is 2.08. The number of nitrogens with one attached hydrogen (secondary N) is 2. The molecule has 0 saturated carbocycles. The SMILES string of the molecule is CC(=O)NCCCNC(=O)c1ccc(N)o1. The Hall–Kier alpha value is -1.98. The van der Waals surface area contributed by atoms with Gasteiger partial charge in [-0.3, -0.25) is 9.59 Å². The average molecular weight is 225 g/mol. The Bertz CT molecular complexity index is 373. The smallest absolute Gasteiger partial charge is 0.287 e. The summed E-state index contributed by atoms with van der Waals surface area (Å²) in [5.41, 5.74) is 5.33. The van der Waals surface area contributed by atoms with E-state index in [4.69, 9.17) is 10.2 Å². The predicted molar refractivity (Wildman–Crippen MR) is 58.8 cm³/mol. The minimum atomic E-state index is -0.306. The Labute approximate surface area is 93.2 Å². The highest BCUT2D eigenvalue weighted by atomic mass is 16.4. The number of amides is 2. The molecule has 2 amide bonds. The van der Waals surface area contributed by atoms with E-state index in [1.54, 1.807) is 0 Å². The number of hydrogen-bond acceptors (Lipinski definition) is 4. The summed E-state index contributed by atoms with van der Waals surface area (Å²) in [7, 11) is 0. The van der Waals surface area contributed by atoms with E-state index in [9.17, 15) is 9.59 Å². The van der Waals surface area contributed by atoms with Crippen LogP contribution in [-0.2, 0) is 4.79 Å². The van der Waals surface area contributed by atoms with Crippen molar-refractivity contribution in [1.29, 1.82) is 0 Å². The van der Waals surface area contributed by atoms with Crippen molar-refractivity contribution < 1.29 is 14.0 Å². The maximum atomic E-state index is 11.4. The third-order valence-electron chi connectivity index (χ3n) is 1.86. The maximum Gasteiger partial charge on any atom is 0.287 e. The number of hydrogen-bond donors (Lipinski definition) is 3. The molecule has 0 aromatic carbocycles. The lowest BCUT2D eigenvalue weighted by Gasteiger charge is -2.03. The normalized spacial score (nSPS) is 9.81. The number of furan rings is 1. The Kier molecular flexibility index (Phi) is 4.38. The molecule has 0 spiro atoms. The first kappa shape index (κ1) is 12.1. The number of carbonyl (C=O) groups excluding carboxylic acids is 2. The molecule has 0 atom stereocenters. The molecule has 4 N–H and O–H groups in total. The minimum absolute atomic E-state index is 0.0786. The third-order valence-corrected chi connectivity index (χ3v) is 1.86. The summed E-state index contributed by atoms with van der Waals surface area (Å²) in [6.07, 6.45) is 0.668. The molecule has 0 aliphatic rings. The molecule has 0 unspecified atom stereocenters. The van der Waals surface area contributed by atoms with Gasteiger partial charge >= 0.3 is 0 Å². The van der Waals surface area contributed by atoms with Crippen molar-refractivity contribution in [3.05, 3.63) is 17.9 Å². The highest BCUT2D eigenvalue weighted by molar-refractivity contribution is 5.91. The fourth-order valence-electron chi connectivity index (χ4n) is 1.12. The second-order valence-corrected chi connectivity index (χ2v) is 3.29. The van der Waals surface area contributed by atoms with Gasteiger partial charge < -0.3 is 20.8 Å². The number of carbonyl (C=O) groups is 2. The summed E-state index contributed by atoms with van der Waals surface area (Å²) in [5, 5.41) is 5.28. The fourth-order valence-corrected chi connectivity index (χ4v) is 1.12. The van der Waals surface area contributed by atoms with Gasteiger partial charge in [0.25, 0.3) is 5.91 Å². The maximum absolute atomic E-state index is 11.4. The molecule has 6 heteroatoms. The van der Waals surface area contributed by atoms with Crippen LogP contribution in [0.15, 0.2) is 16.5 Å². The van der Waals surface area contributed by atoms with Crippen LogP contribution in [0.2, 0.25) is 0 Å². The molecule has 1 aromatic rings. The third kappa shape index (κ3) is 4.04. The van der Waals surface area contributed by atoms with Gasteiger partial charge in [0.1, 0.15) is 0 Å². The monoisotopic (exact) mass is 225 g/mol. The second kappa shape index (κ2) is 5.79. The van der Waals surface area contributed by atoms with E-state index < -0.39 is 0 Å². The van der Waals surface area contributed by atoms with Crippen molar-refractivity contribution in [2.24, 2.45) is 0 Å². The summed E-state index contributed by atoms with van der Waals surface area (Å²) < 4.78 is 4.94. The van der Waals surface area contributed by atoms with Crippen LogP contribution in [0.5, 0.6) is 0 Å². The first-order valence-corrected chi connectivity index (χ1v) is 4.97. The molecule has 0 aliphatic carbocycles. The van der Waals surface area contributed by atoms with E-state index in [-0.39, 0.29) is 23.5 Å². The zero-order chi connectivity index (χ0) is 12.0. The summed E-state index contributed by atoms with van der Waals surface area (Å²) in [4.78, 5) is 21.9. The van der Waals surface area contributed by atoms with Gasteiger partial charge in [-0.05, 0) is 12.5 Å². The van der Waals surface area contributed by atoms with Crippen molar-refractivity contribution in [2.75, 3.05) is 18.8 Å². The molecule has 0 radical (unpaired) electrons. The number of nitrogens with two attached hydrogens (primary N) is 1. The second-order valence-electron chi connectivity index (χ2n) is 3.29. The van der Waals surface area contributed by atoms with Gasteiger partial charge in [0.15, 0.2) is 11.6 Å². The molecule has 0 aliphatic heterocycles. The van der Waals surface area contributed by atoms with E-state index >= 15 is 0 Å². The zero-order valence-electron chi connectivity index (χ0n) is 9.08. The lowest BCUT2D eigenvalue weighted by atomic mass is 10.3. The van der Waals surface area contributed by atoms with Gasteiger partial charge in [-0.1, -0.05) is 0 Å². The number of nitrogen functional groups attached to an aromatic ring is 1. The number of rotatable bonds is 5. The number of anilines is 1. The molecule has 1 aromatic heterocycles. The molecule has 1 heterocycles. The van der Waals surface area contributed by atoms with E-state index in [1.165, 1.54) is 19.1 Å². The Morgan fingerprint density at radius 1 is 1.31 bits per heavy atom. The minimum Gasteiger partial charge on any atom is -0.436 e. The van der Waals surface area contributed by atoms with Crippen LogP contribution in [-0.4, -0.2) is 24.9 Å². The Morgan fingerprint density at radius 3 is 2.56 bits per heavy atom. The lowest BCUT2D eigenvalue weighted by molar-refractivity contribution is -0.118. The van der Waals surface area contributed by atoms with Crippen molar-refractivity contribution in [3.8, 4) is 0 Å². The fraction of sp³-hybridized carbons (Fsp3) is 0.400.